The minimum absolute atomic E-state index is 0.364. The predicted molar refractivity (Wildman–Crippen MR) is 70.1 cm³/mol. The minimum Gasteiger partial charge on any atom is -0.393 e. The molecule has 0 saturated carbocycles. The number of nitrogens with two attached hydrogens (primary N) is 1. The number of hydrogen-bond acceptors (Lipinski definition) is 4. The number of aliphatic hydroxyl groups is 1. The first-order valence-electron chi connectivity index (χ1n) is 5.96. The van der Waals surface area contributed by atoms with Crippen molar-refractivity contribution >= 4 is 5.82 Å². The molecule has 0 amide bonds. The van der Waals surface area contributed by atoms with E-state index in [1.54, 1.807) is 6.92 Å². The van der Waals surface area contributed by atoms with E-state index in [1.165, 1.54) is 0 Å². The average Bonchev–Trinajstić information content (AvgIpc) is 2.59. The van der Waals surface area contributed by atoms with Gasteiger partial charge in [0.15, 0.2) is 0 Å². The topological polar surface area (TPSA) is 77.0 Å². The average molecular weight is 246 g/mol. The van der Waals surface area contributed by atoms with Crippen LogP contribution in [0.4, 0.5) is 5.82 Å². The van der Waals surface area contributed by atoms with Crippen LogP contribution in [0, 0.1) is 6.92 Å². The Morgan fingerprint density at radius 2 is 2.22 bits per heavy atom. The first-order valence-corrected chi connectivity index (χ1v) is 5.96. The van der Waals surface area contributed by atoms with E-state index >= 15 is 0 Å². The summed E-state index contributed by atoms with van der Waals surface area (Å²) in [5.74, 6) is 0.534. The highest BCUT2D eigenvalue weighted by Crippen LogP contribution is 2.09. The second kappa shape index (κ2) is 5.18. The molecule has 0 bridgehead atoms. The van der Waals surface area contributed by atoms with Crippen molar-refractivity contribution in [2.24, 2.45) is 0 Å². The number of hydrogen-bond donors (Lipinski definition) is 2. The van der Waals surface area contributed by atoms with Crippen LogP contribution in [-0.2, 0) is 13.0 Å². The number of nitrogen functional groups attached to an aromatic ring is 1. The third-order valence-electron chi connectivity index (χ3n) is 2.72. The van der Waals surface area contributed by atoms with Gasteiger partial charge < -0.3 is 10.8 Å². The number of aromatic nitrogens is 3. The Kier molecular flexibility index (Phi) is 3.62. The van der Waals surface area contributed by atoms with Gasteiger partial charge in [-0.15, -0.1) is 0 Å². The van der Waals surface area contributed by atoms with Gasteiger partial charge in [0.2, 0.25) is 0 Å². The van der Waals surface area contributed by atoms with Gasteiger partial charge in [0.05, 0.1) is 12.6 Å². The molecule has 2 rings (SSSR count). The van der Waals surface area contributed by atoms with Gasteiger partial charge in [-0.1, -0.05) is 6.07 Å². The van der Waals surface area contributed by atoms with Crippen LogP contribution in [0.1, 0.15) is 23.9 Å². The molecule has 2 heterocycles. The normalized spacial score (nSPS) is 12.6. The molecular formula is C13H18N4O. The summed E-state index contributed by atoms with van der Waals surface area (Å²) in [4.78, 5) is 4.32. The van der Waals surface area contributed by atoms with Crippen molar-refractivity contribution in [1.82, 2.24) is 14.8 Å². The van der Waals surface area contributed by atoms with Crippen LogP contribution in [0.3, 0.4) is 0 Å². The van der Waals surface area contributed by atoms with E-state index in [2.05, 4.69) is 10.1 Å². The molecule has 0 saturated heterocycles. The van der Waals surface area contributed by atoms with Gasteiger partial charge in [-0.3, -0.25) is 9.67 Å². The quantitative estimate of drug-likeness (QED) is 0.848. The Hall–Kier alpha value is -1.88. The van der Waals surface area contributed by atoms with Gasteiger partial charge in [-0.05, 0) is 25.5 Å². The summed E-state index contributed by atoms with van der Waals surface area (Å²) in [6.45, 7) is 4.38. The lowest BCUT2D eigenvalue weighted by molar-refractivity contribution is 0.194. The van der Waals surface area contributed by atoms with E-state index in [0.29, 0.717) is 18.8 Å². The van der Waals surface area contributed by atoms with Crippen molar-refractivity contribution in [2.75, 3.05) is 5.73 Å². The van der Waals surface area contributed by atoms with E-state index in [9.17, 15) is 5.11 Å². The lowest BCUT2D eigenvalue weighted by Crippen LogP contribution is -2.07. The summed E-state index contributed by atoms with van der Waals surface area (Å²) < 4.78 is 1.85. The smallest absolute Gasteiger partial charge is 0.145 e. The van der Waals surface area contributed by atoms with Crippen LogP contribution >= 0.6 is 0 Å². The largest absolute Gasteiger partial charge is 0.393 e. The Labute approximate surface area is 106 Å². The molecule has 5 heteroatoms. The number of nitrogens with zero attached hydrogens (tertiary/aromatic N) is 3. The van der Waals surface area contributed by atoms with Crippen molar-refractivity contribution in [1.29, 1.82) is 0 Å². The van der Waals surface area contributed by atoms with Crippen molar-refractivity contribution in [3.63, 3.8) is 0 Å². The molecular weight excluding hydrogens is 228 g/mol. The minimum atomic E-state index is -0.364. The third-order valence-corrected chi connectivity index (χ3v) is 2.72. The summed E-state index contributed by atoms with van der Waals surface area (Å²) in [5, 5.41) is 13.5. The number of anilines is 1. The van der Waals surface area contributed by atoms with Crippen molar-refractivity contribution in [3.8, 4) is 0 Å². The zero-order valence-corrected chi connectivity index (χ0v) is 10.7. The van der Waals surface area contributed by atoms with Gasteiger partial charge in [0.25, 0.3) is 0 Å². The molecule has 0 aliphatic heterocycles. The first-order chi connectivity index (χ1) is 8.54. The first kappa shape index (κ1) is 12.6. The van der Waals surface area contributed by atoms with Crippen LogP contribution in [-0.4, -0.2) is 26.0 Å². The van der Waals surface area contributed by atoms with Crippen molar-refractivity contribution in [3.05, 3.63) is 41.3 Å². The Morgan fingerprint density at radius 1 is 1.44 bits per heavy atom. The van der Waals surface area contributed by atoms with Gasteiger partial charge in [0.1, 0.15) is 5.82 Å². The Balaban J connectivity index is 2.08. The summed E-state index contributed by atoms with van der Waals surface area (Å²) in [7, 11) is 0. The molecule has 2 aromatic heterocycles. The summed E-state index contributed by atoms with van der Waals surface area (Å²) in [6.07, 6.45) is 2.03. The second-order valence-corrected chi connectivity index (χ2v) is 4.58. The second-order valence-electron chi connectivity index (χ2n) is 4.58. The third kappa shape index (κ3) is 3.07. The SMILES string of the molecule is Cc1cc(N)nn1Cc1ccc(CC(C)O)nc1. The molecule has 18 heavy (non-hydrogen) atoms. The van der Waals surface area contributed by atoms with Crippen LogP contribution < -0.4 is 5.73 Å². The predicted octanol–water partition coefficient (Wildman–Crippen LogP) is 1.14. The number of pyridine rings is 1. The molecule has 1 unspecified atom stereocenters. The monoisotopic (exact) mass is 246 g/mol. The van der Waals surface area contributed by atoms with Crippen LogP contribution in [0.2, 0.25) is 0 Å². The van der Waals surface area contributed by atoms with Gasteiger partial charge in [-0.25, -0.2) is 0 Å². The van der Waals surface area contributed by atoms with Crippen molar-refractivity contribution in [2.45, 2.75) is 32.9 Å². The molecule has 3 N–H and O–H groups in total. The zero-order chi connectivity index (χ0) is 13.1. The van der Waals surface area contributed by atoms with Gasteiger partial charge in [-0.2, -0.15) is 5.10 Å². The zero-order valence-electron chi connectivity index (χ0n) is 10.7. The summed E-state index contributed by atoms with van der Waals surface area (Å²) >= 11 is 0. The molecule has 5 nitrogen and oxygen atoms in total. The maximum Gasteiger partial charge on any atom is 0.145 e. The maximum absolute atomic E-state index is 9.28. The lowest BCUT2D eigenvalue weighted by atomic mass is 10.2. The van der Waals surface area contributed by atoms with Crippen molar-refractivity contribution < 1.29 is 5.11 Å². The van der Waals surface area contributed by atoms with Crippen LogP contribution in [0.25, 0.3) is 0 Å². The fourth-order valence-electron chi connectivity index (χ4n) is 1.84. The fourth-order valence-corrected chi connectivity index (χ4v) is 1.84. The molecule has 0 radical (unpaired) electrons. The lowest BCUT2D eigenvalue weighted by Gasteiger charge is -2.06. The Morgan fingerprint density at radius 3 is 2.72 bits per heavy atom. The molecule has 0 aromatic carbocycles. The highest BCUT2D eigenvalue weighted by atomic mass is 16.3. The summed E-state index contributed by atoms with van der Waals surface area (Å²) in [5.41, 5.74) is 8.62. The molecule has 0 spiro atoms. The van der Waals surface area contributed by atoms with Crippen LogP contribution in [0.15, 0.2) is 24.4 Å². The van der Waals surface area contributed by atoms with E-state index in [1.807, 2.05) is 36.0 Å². The van der Waals surface area contributed by atoms with Crippen LogP contribution in [0.5, 0.6) is 0 Å². The van der Waals surface area contributed by atoms with E-state index < -0.39 is 0 Å². The number of aliphatic hydroxyl groups excluding tert-OH is 1. The highest BCUT2D eigenvalue weighted by Gasteiger charge is 2.04. The van der Waals surface area contributed by atoms with E-state index in [4.69, 9.17) is 5.73 Å². The highest BCUT2D eigenvalue weighted by molar-refractivity contribution is 5.29. The molecule has 96 valence electrons. The molecule has 0 fully saturated rings. The number of aryl methyl sites for hydroxylation is 1. The standard InChI is InChI=1S/C13H18N4O/c1-9-5-13(14)16-17(9)8-11-3-4-12(15-7-11)6-10(2)18/h3-5,7,10,18H,6,8H2,1-2H3,(H2,14,16). The van der Waals surface area contributed by atoms with E-state index in [-0.39, 0.29) is 6.10 Å². The van der Waals surface area contributed by atoms with E-state index in [0.717, 1.165) is 17.0 Å². The summed E-state index contributed by atoms with van der Waals surface area (Å²) in [6, 6.07) is 5.78. The molecule has 0 aliphatic carbocycles. The molecule has 0 aliphatic rings. The maximum atomic E-state index is 9.28. The number of rotatable bonds is 4. The van der Waals surface area contributed by atoms with Gasteiger partial charge in [0, 0.05) is 30.1 Å². The van der Waals surface area contributed by atoms with Gasteiger partial charge >= 0.3 is 0 Å². The fraction of sp³-hybridized carbons (Fsp3) is 0.385. The molecule has 1 atom stereocenters. The molecule has 2 aromatic rings. The Bertz CT molecular complexity index is 516.